The van der Waals surface area contributed by atoms with Gasteiger partial charge in [0.15, 0.2) is 11.6 Å². The van der Waals surface area contributed by atoms with E-state index in [-0.39, 0.29) is 5.69 Å². The molecule has 0 aliphatic carbocycles. The first-order valence-corrected chi connectivity index (χ1v) is 5.07. The highest BCUT2D eigenvalue weighted by molar-refractivity contribution is 6.02. The average Bonchev–Trinajstić information content (AvgIpc) is 2.31. The molecule has 0 heterocycles. The molecule has 98 valence electrons. The maximum Gasteiger partial charge on any atom is 0.337 e. The Bertz CT molecular complexity index is 491. The molecule has 7 heteroatoms. The summed E-state index contributed by atoms with van der Waals surface area (Å²) in [5.74, 6) is -4.52. The number of likely N-dealkylation sites (N-methyl/N-ethyl adjacent to an activating group) is 1. The molecule has 0 bridgehead atoms. The summed E-state index contributed by atoms with van der Waals surface area (Å²) in [5, 5.41) is 13.7. The fourth-order valence-corrected chi connectivity index (χ4v) is 1.20. The van der Waals surface area contributed by atoms with Gasteiger partial charge in [0, 0.05) is 6.07 Å². The smallest absolute Gasteiger partial charge is 0.337 e. The van der Waals surface area contributed by atoms with Gasteiger partial charge in [-0.3, -0.25) is 4.79 Å². The first kappa shape index (κ1) is 14.0. The quantitative estimate of drug-likeness (QED) is 0.758. The molecule has 0 aromatic heterocycles. The zero-order valence-corrected chi connectivity index (χ0v) is 9.75. The minimum atomic E-state index is -1.46. The lowest BCUT2D eigenvalue weighted by Crippen LogP contribution is -2.35. The van der Waals surface area contributed by atoms with Crippen molar-refractivity contribution in [2.24, 2.45) is 0 Å². The summed E-state index contributed by atoms with van der Waals surface area (Å²) in [6, 6.07) is 0.566. The highest BCUT2D eigenvalue weighted by Crippen LogP contribution is 2.20. The lowest BCUT2D eigenvalue weighted by molar-refractivity contribution is -0.117. The SMILES string of the molecule is CNC(C)C(=O)Nc1cc(F)c(F)cc1C(=O)O. The van der Waals surface area contributed by atoms with E-state index >= 15 is 0 Å². The van der Waals surface area contributed by atoms with Gasteiger partial charge in [-0.2, -0.15) is 0 Å². The zero-order chi connectivity index (χ0) is 13.9. The number of nitrogens with one attached hydrogen (secondary N) is 2. The van der Waals surface area contributed by atoms with E-state index in [0.29, 0.717) is 12.1 Å². The second-order valence-electron chi connectivity index (χ2n) is 3.62. The summed E-state index contributed by atoms with van der Waals surface area (Å²) in [5.41, 5.74) is -0.793. The number of anilines is 1. The van der Waals surface area contributed by atoms with Crippen LogP contribution >= 0.6 is 0 Å². The number of hydrogen-bond donors (Lipinski definition) is 3. The second kappa shape index (κ2) is 5.54. The zero-order valence-electron chi connectivity index (χ0n) is 9.75. The number of rotatable bonds is 4. The van der Waals surface area contributed by atoms with Gasteiger partial charge in [-0.1, -0.05) is 0 Å². The molecule has 1 rings (SSSR count). The Labute approximate surface area is 102 Å². The largest absolute Gasteiger partial charge is 0.478 e. The van der Waals surface area contributed by atoms with E-state index in [4.69, 9.17) is 5.11 Å². The van der Waals surface area contributed by atoms with Crippen molar-refractivity contribution in [3.05, 3.63) is 29.3 Å². The fraction of sp³-hybridized carbons (Fsp3) is 0.273. The van der Waals surface area contributed by atoms with Crippen LogP contribution in [0.5, 0.6) is 0 Å². The van der Waals surface area contributed by atoms with Gasteiger partial charge in [-0.25, -0.2) is 13.6 Å². The molecule has 0 aliphatic rings. The monoisotopic (exact) mass is 258 g/mol. The lowest BCUT2D eigenvalue weighted by atomic mass is 10.1. The number of halogens is 2. The maximum absolute atomic E-state index is 13.0. The lowest BCUT2D eigenvalue weighted by Gasteiger charge is -2.13. The number of carboxylic acids is 1. The molecule has 1 unspecified atom stereocenters. The summed E-state index contributed by atoms with van der Waals surface area (Å²) in [4.78, 5) is 22.4. The van der Waals surface area contributed by atoms with E-state index in [9.17, 15) is 18.4 Å². The second-order valence-corrected chi connectivity index (χ2v) is 3.62. The number of aromatic carboxylic acids is 1. The topological polar surface area (TPSA) is 78.4 Å². The van der Waals surface area contributed by atoms with Crippen molar-refractivity contribution in [2.45, 2.75) is 13.0 Å². The Morgan fingerprint density at radius 2 is 1.83 bits per heavy atom. The summed E-state index contributed by atoms with van der Waals surface area (Å²) in [7, 11) is 1.54. The number of amides is 1. The van der Waals surface area contributed by atoms with E-state index in [1.807, 2.05) is 0 Å². The normalized spacial score (nSPS) is 12.0. The van der Waals surface area contributed by atoms with Crippen LogP contribution in [0.2, 0.25) is 0 Å². The van der Waals surface area contributed by atoms with Gasteiger partial charge in [-0.15, -0.1) is 0 Å². The number of carboxylic acid groups (broad SMARTS) is 1. The molecule has 1 atom stereocenters. The van der Waals surface area contributed by atoms with Crippen molar-refractivity contribution in [1.29, 1.82) is 0 Å². The predicted octanol–water partition coefficient (Wildman–Crippen LogP) is 1.21. The third kappa shape index (κ3) is 3.01. The molecule has 0 fully saturated rings. The first-order valence-electron chi connectivity index (χ1n) is 5.07. The molecule has 1 aromatic carbocycles. The van der Waals surface area contributed by atoms with Crippen molar-refractivity contribution < 1.29 is 23.5 Å². The summed E-state index contributed by atoms with van der Waals surface area (Å²) < 4.78 is 25.9. The van der Waals surface area contributed by atoms with Crippen LogP contribution in [0.4, 0.5) is 14.5 Å². The Hall–Kier alpha value is -2.02. The van der Waals surface area contributed by atoms with Crippen LogP contribution in [-0.4, -0.2) is 30.1 Å². The summed E-state index contributed by atoms with van der Waals surface area (Å²) >= 11 is 0. The van der Waals surface area contributed by atoms with Crippen LogP contribution in [0.25, 0.3) is 0 Å². The molecule has 18 heavy (non-hydrogen) atoms. The van der Waals surface area contributed by atoms with E-state index < -0.39 is 35.1 Å². The Kier molecular flexibility index (Phi) is 4.33. The Balaban J connectivity index is 3.11. The molecule has 0 spiro atoms. The highest BCUT2D eigenvalue weighted by atomic mass is 19.2. The molecule has 0 radical (unpaired) electrons. The highest BCUT2D eigenvalue weighted by Gasteiger charge is 2.18. The van der Waals surface area contributed by atoms with Crippen LogP contribution < -0.4 is 10.6 Å². The van der Waals surface area contributed by atoms with Gasteiger partial charge < -0.3 is 15.7 Å². The number of carbonyl (C=O) groups excluding carboxylic acids is 1. The number of hydrogen-bond acceptors (Lipinski definition) is 3. The van der Waals surface area contributed by atoms with Crippen LogP contribution in [0.15, 0.2) is 12.1 Å². The molecule has 3 N–H and O–H groups in total. The molecular formula is C11H12F2N2O3. The molecular weight excluding hydrogens is 246 g/mol. The van der Waals surface area contributed by atoms with E-state index in [2.05, 4.69) is 10.6 Å². The third-order valence-corrected chi connectivity index (χ3v) is 2.38. The van der Waals surface area contributed by atoms with Gasteiger partial charge in [-0.05, 0) is 20.0 Å². The van der Waals surface area contributed by atoms with Gasteiger partial charge in [0.25, 0.3) is 0 Å². The summed E-state index contributed by atoms with van der Waals surface area (Å²) in [6.45, 7) is 1.54. The van der Waals surface area contributed by atoms with Crippen molar-refractivity contribution >= 4 is 17.6 Å². The summed E-state index contributed by atoms with van der Waals surface area (Å²) in [6.07, 6.45) is 0. The van der Waals surface area contributed by atoms with E-state index in [0.717, 1.165) is 0 Å². The molecule has 0 saturated carbocycles. The van der Waals surface area contributed by atoms with Gasteiger partial charge in [0.2, 0.25) is 5.91 Å². The Morgan fingerprint density at radius 3 is 2.33 bits per heavy atom. The van der Waals surface area contributed by atoms with Gasteiger partial charge in [0.1, 0.15) is 0 Å². The van der Waals surface area contributed by atoms with Crippen molar-refractivity contribution in [1.82, 2.24) is 5.32 Å². The number of carbonyl (C=O) groups is 2. The standard InChI is InChI=1S/C11H12F2N2O3/c1-5(14-2)10(16)15-9-4-8(13)7(12)3-6(9)11(17)18/h3-5,14H,1-2H3,(H,15,16)(H,17,18). The molecule has 0 saturated heterocycles. The molecule has 1 amide bonds. The fourth-order valence-electron chi connectivity index (χ4n) is 1.20. The van der Waals surface area contributed by atoms with Crippen LogP contribution in [-0.2, 0) is 4.79 Å². The van der Waals surface area contributed by atoms with Crippen molar-refractivity contribution in [2.75, 3.05) is 12.4 Å². The van der Waals surface area contributed by atoms with Gasteiger partial charge >= 0.3 is 5.97 Å². The van der Waals surface area contributed by atoms with Crippen LogP contribution in [0.3, 0.4) is 0 Å². The first-order chi connectivity index (χ1) is 8.36. The molecule has 1 aromatic rings. The van der Waals surface area contributed by atoms with Crippen molar-refractivity contribution in [3.8, 4) is 0 Å². The predicted molar refractivity (Wildman–Crippen MR) is 60.5 cm³/mol. The van der Waals surface area contributed by atoms with E-state index in [1.165, 1.54) is 14.0 Å². The minimum absolute atomic E-state index is 0.284. The maximum atomic E-state index is 13.0. The Morgan fingerprint density at radius 1 is 1.28 bits per heavy atom. The minimum Gasteiger partial charge on any atom is -0.478 e. The van der Waals surface area contributed by atoms with Gasteiger partial charge in [0.05, 0.1) is 17.3 Å². The average molecular weight is 258 g/mol. The van der Waals surface area contributed by atoms with Crippen molar-refractivity contribution in [3.63, 3.8) is 0 Å². The third-order valence-electron chi connectivity index (χ3n) is 2.38. The van der Waals surface area contributed by atoms with E-state index in [1.54, 1.807) is 0 Å². The molecule has 5 nitrogen and oxygen atoms in total. The van der Waals surface area contributed by atoms with Crippen LogP contribution in [0, 0.1) is 11.6 Å². The molecule has 0 aliphatic heterocycles. The van der Waals surface area contributed by atoms with Crippen LogP contribution in [0.1, 0.15) is 17.3 Å². The number of benzene rings is 1.